The normalized spacial score (nSPS) is 13.4. The van der Waals surface area contributed by atoms with E-state index in [2.05, 4.69) is 31.6 Å². The molecule has 452 valence electrons. The molecular formula is C54H93N13O11S2. The fraction of sp³-hybridized carbons (Fsp3) is 0.704. The molecule has 24 nitrogen and oxygen atoms in total. The van der Waals surface area contributed by atoms with E-state index in [1.807, 2.05) is 59.7 Å². The number of rotatable bonds is 36. The van der Waals surface area contributed by atoms with Crippen molar-refractivity contribution in [2.75, 3.05) is 87.8 Å². The fourth-order valence-electron chi connectivity index (χ4n) is 8.42. The Labute approximate surface area is 482 Å². The van der Waals surface area contributed by atoms with E-state index >= 15 is 0 Å². The van der Waals surface area contributed by atoms with E-state index in [1.54, 1.807) is 23.9 Å². The molecule has 0 aliphatic heterocycles. The lowest BCUT2D eigenvalue weighted by Gasteiger charge is -2.39. The standard InChI is InChI=1S/C54H93N13O11S2/c1-16-38(55)51(75)64(12)33-47(72)62(10)32-45(71)61-39(22-17-19-25-57-42(68)23-21-27-79-80-46-24-18-20-26-58-46)52(76)63(11)31-44(70)59-30-43(69)60-37(8)50(74)65(13)40(28-34(2)3)53(77)66(14)41(29-35(4)5)54(78)67(15)48(36(6)7)49(73)56-9/h18,20,24,26,34-41,48H,16-17,19,21-23,25,27-33,55H2,1-15H3,(H,56,73)(H,57,68)(H,59,70)(H,60,69)(H,61,71)/t37-,38+,39+,40+,41+,48+/m1/s1. The molecule has 6 atom stereocenters. The zero-order chi connectivity index (χ0) is 61.0. The van der Waals surface area contributed by atoms with E-state index in [1.165, 1.54) is 86.7 Å². The van der Waals surface area contributed by atoms with Crippen molar-refractivity contribution < 1.29 is 52.7 Å². The van der Waals surface area contributed by atoms with E-state index in [9.17, 15) is 52.7 Å². The monoisotopic (exact) mass is 1160 g/mol. The number of aromatic nitrogens is 1. The molecule has 0 radical (unpaired) electrons. The average Bonchev–Trinajstić information content (AvgIpc) is 3.40. The Morgan fingerprint density at radius 1 is 0.625 bits per heavy atom. The summed E-state index contributed by atoms with van der Waals surface area (Å²) in [7, 11) is 13.3. The first-order valence-electron chi connectivity index (χ1n) is 27.3. The number of amides is 11. The average molecular weight is 1160 g/mol. The summed E-state index contributed by atoms with van der Waals surface area (Å²) in [6.45, 7) is 12.8. The Morgan fingerprint density at radius 3 is 1.75 bits per heavy atom. The van der Waals surface area contributed by atoms with Crippen LogP contribution in [0.4, 0.5) is 0 Å². The van der Waals surface area contributed by atoms with E-state index in [0.717, 1.165) is 20.6 Å². The maximum Gasteiger partial charge on any atom is 0.245 e. The topological polar surface area (TPSA) is 306 Å². The van der Waals surface area contributed by atoms with Crippen molar-refractivity contribution in [3.05, 3.63) is 24.4 Å². The van der Waals surface area contributed by atoms with Crippen molar-refractivity contribution in [1.82, 2.24) is 61.0 Å². The molecule has 11 amide bonds. The van der Waals surface area contributed by atoms with Crippen LogP contribution < -0.4 is 32.3 Å². The van der Waals surface area contributed by atoms with Crippen LogP contribution in [0.15, 0.2) is 29.4 Å². The number of nitrogens with two attached hydrogens (primary N) is 1. The van der Waals surface area contributed by atoms with Gasteiger partial charge in [-0.25, -0.2) is 4.98 Å². The number of hydrogen-bond acceptors (Lipinski definition) is 15. The number of nitrogens with zero attached hydrogens (tertiary/aromatic N) is 7. The minimum atomic E-state index is -1.17. The van der Waals surface area contributed by atoms with Gasteiger partial charge >= 0.3 is 0 Å². The van der Waals surface area contributed by atoms with Gasteiger partial charge in [-0.1, -0.05) is 65.3 Å². The van der Waals surface area contributed by atoms with Gasteiger partial charge in [-0.05, 0) is 92.5 Å². The lowest BCUT2D eigenvalue weighted by Crippen LogP contribution is -2.59. The zero-order valence-corrected chi connectivity index (χ0v) is 51.6. The summed E-state index contributed by atoms with van der Waals surface area (Å²) < 4.78 is 0. The van der Waals surface area contributed by atoms with Crippen LogP contribution in [-0.2, 0) is 52.7 Å². The summed E-state index contributed by atoms with van der Waals surface area (Å²) in [5, 5.41) is 14.0. The highest BCUT2D eigenvalue weighted by atomic mass is 33.1. The van der Waals surface area contributed by atoms with Crippen LogP contribution in [0.5, 0.6) is 0 Å². The number of carbonyl (C=O) groups is 11. The number of hydrogen-bond donors (Lipinski definition) is 6. The minimum Gasteiger partial charge on any atom is -0.357 e. The van der Waals surface area contributed by atoms with Gasteiger partial charge in [0, 0.05) is 74.2 Å². The van der Waals surface area contributed by atoms with E-state index in [-0.39, 0.29) is 55.4 Å². The smallest absolute Gasteiger partial charge is 0.245 e. The SMILES string of the molecule is CC[C@H](N)C(=O)N(C)CC(=O)N(C)CC(=O)N[C@@H](CCCCNC(=O)CCCSSc1ccccn1)C(=O)N(C)CC(=O)NCC(=O)N[C@H](C)C(=O)N(C)[C@@H](CC(C)C)C(=O)N(C)[C@@H](CC(C)C)C(=O)N(C)[C@H](C(=O)NC)C(C)C. The summed E-state index contributed by atoms with van der Waals surface area (Å²) in [5.41, 5.74) is 5.83. The maximum absolute atomic E-state index is 14.4. The first kappa shape index (κ1) is 72.0. The molecule has 80 heavy (non-hydrogen) atoms. The van der Waals surface area contributed by atoms with Gasteiger partial charge in [0.1, 0.15) is 35.2 Å². The highest BCUT2D eigenvalue weighted by Gasteiger charge is 2.40. The second-order valence-electron chi connectivity index (χ2n) is 21.3. The predicted octanol–water partition coefficient (Wildman–Crippen LogP) is 1.08. The highest BCUT2D eigenvalue weighted by molar-refractivity contribution is 8.76. The number of unbranched alkanes of at least 4 members (excludes halogenated alkanes) is 1. The molecule has 0 spiro atoms. The lowest BCUT2D eigenvalue weighted by molar-refractivity contribution is -0.153. The predicted molar refractivity (Wildman–Crippen MR) is 310 cm³/mol. The van der Waals surface area contributed by atoms with Gasteiger partial charge in [0.05, 0.1) is 32.2 Å². The van der Waals surface area contributed by atoms with Gasteiger partial charge in [0.2, 0.25) is 65.0 Å². The van der Waals surface area contributed by atoms with Crippen molar-refractivity contribution in [2.45, 2.75) is 148 Å². The molecule has 0 aromatic carbocycles. The Balaban J connectivity index is 3.05. The molecule has 26 heteroatoms. The van der Waals surface area contributed by atoms with Crippen molar-refractivity contribution in [3.63, 3.8) is 0 Å². The second kappa shape index (κ2) is 37.1. The van der Waals surface area contributed by atoms with Gasteiger partial charge in [-0.2, -0.15) is 0 Å². The molecule has 1 aromatic heterocycles. The quantitative estimate of drug-likeness (QED) is 0.0405. The van der Waals surface area contributed by atoms with Gasteiger partial charge in [-0.15, -0.1) is 0 Å². The van der Waals surface area contributed by atoms with Crippen molar-refractivity contribution in [3.8, 4) is 0 Å². The molecule has 0 fully saturated rings. The molecular weight excluding hydrogens is 1070 g/mol. The van der Waals surface area contributed by atoms with Crippen LogP contribution in [0.1, 0.15) is 107 Å². The Morgan fingerprint density at radius 2 is 1.20 bits per heavy atom. The number of carbonyl (C=O) groups excluding carboxylic acids is 11. The van der Waals surface area contributed by atoms with Crippen LogP contribution in [0, 0.1) is 17.8 Å². The summed E-state index contributed by atoms with van der Waals surface area (Å²) in [5.74, 6) is -5.40. The van der Waals surface area contributed by atoms with Crippen LogP contribution in [0.25, 0.3) is 0 Å². The first-order chi connectivity index (χ1) is 37.5. The van der Waals surface area contributed by atoms with Crippen LogP contribution in [-0.4, -0.2) is 223 Å². The van der Waals surface area contributed by atoms with Crippen LogP contribution in [0.3, 0.4) is 0 Å². The van der Waals surface area contributed by atoms with Gasteiger partial charge in [-0.3, -0.25) is 52.7 Å². The number of nitrogens with one attached hydrogen (secondary N) is 5. The second-order valence-corrected chi connectivity index (χ2v) is 23.7. The molecule has 1 aromatic rings. The third-order valence-electron chi connectivity index (χ3n) is 13.1. The van der Waals surface area contributed by atoms with Crippen molar-refractivity contribution >= 4 is 86.6 Å². The third-order valence-corrected chi connectivity index (χ3v) is 15.4. The Bertz CT molecular complexity index is 2210. The highest BCUT2D eigenvalue weighted by Crippen LogP contribution is 2.29. The molecule has 0 bridgehead atoms. The van der Waals surface area contributed by atoms with Crippen molar-refractivity contribution in [2.24, 2.45) is 23.5 Å². The minimum absolute atomic E-state index is 0.0203. The third kappa shape index (κ3) is 25.6. The maximum atomic E-state index is 14.4. The first-order valence-corrected chi connectivity index (χ1v) is 29.6. The van der Waals surface area contributed by atoms with Crippen molar-refractivity contribution in [1.29, 1.82) is 0 Å². The molecule has 1 heterocycles. The molecule has 0 aliphatic carbocycles. The number of pyridine rings is 1. The number of likely N-dealkylation sites (N-methyl/N-ethyl adjacent to an activating group) is 7. The Kier molecular flexibility index (Phi) is 33.4. The zero-order valence-electron chi connectivity index (χ0n) is 49.9. The van der Waals surface area contributed by atoms with E-state index in [0.29, 0.717) is 38.6 Å². The Hall–Kier alpha value is -6.02. The summed E-state index contributed by atoms with van der Waals surface area (Å²) >= 11 is 0. The molecule has 0 aliphatic rings. The van der Waals surface area contributed by atoms with Crippen LogP contribution in [0.2, 0.25) is 0 Å². The van der Waals surface area contributed by atoms with E-state index in [4.69, 9.17) is 5.73 Å². The molecule has 1 rings (SSSR count). The van der Waals surface area contributed by atoms with Crippen LogP contribution >= 0.6 is 21.6 Å². The van der Waals surface area contributed by atoms with Gasteiger partial charge < -0.3 is 61.7 Å². The molecule has 0 unspecified atom stereocenters. The summed E-state index contributed by atoms with van der Waals surface area (Å²) in [6.07, 6.45) is 4.50. The van der Waals surface area contributed by atoms with E-state index < -0.39 is 109 Å². The molecule has 0 saturated heterocycles. The lowest BCUT2D eigenvalue weighted by atomic mass is 9.96. The van der Waals surface area contributed by atoms with Gasteiger partial charge in [0.25, 0.3) is 0 Å². The molecule has 7 N–H and O–H groups in total. The largest absolute Gasteiger partial charge is 0.357 e. The molecule has 0 saturated carbocycles. The summed E-state index contributed by atoms with van der Waals surface area (Å²) in [4.78, 5) is 158. The summed E-state index contributed by atoms with van der Waals surface area (Å²) in [6, 6.07) is -0.244. The fourth-order valence-corrected chi connectivity index (χ4v) is 10.4. The van der Waals surface area contributed by atoms with Gasteiger partial charge in [0.15, 0.2) is 0 Å².